The van der Waals surface area contributed by atoms with Crippen molar-refractivity contribution in [3.63, 3.8) is 0 Å². The van der Waals surface area contributed by atoms with Gasteiger partial charge in [-0.2, -0.15) is 0 Å². The normalized spacial score (nSPS) is 16.7. The minimum atomic E-state index is -1.09. The molecule has 0 saturated heterocycles. The molecular formula is C23H25ClN2O4. The zero-order chi connectivity index (χ0) is 21.9. The summed E-state index contributed by atoms with van der Waals surface area (Å²) in [6, 6.07) is 14.6. The molecule has 2 aromatic rings. The van der Waals surface area contributed by atoms with Crippen LogP contribution in [0.1, 0.15) is 25.0 Å². The first-order valence-electron chi connectivity index (χ1n) is 9.56. The molecule has 2 N–H and O–H groups in total. The Labute approximate surface area is 181 Å². The zero-order valence-corrected chi connectivity index (χ0v) is 18.2. The Balaban J connectivity index is 1.88. The van der Waals surface area contributed by atoms with Gasteiger partial charge in [0.25, 0.3) is 5.91 Å². The van der Waals surface area contributed by atoms with Gasteiger partial charge in [0.1, 0.15) is 12.4 Å². The molecule has 1 heterocycles. The zero-order valence-electron chi connectivity index (χ0n) is 17.4. The Hall–Kier alpha value is -2.83. The van der Waals surface area contributed by atoms with Gasteiger partial charge in [0, 0.05) is 7.11 Å². The van der Waals surface area contributed by atoms with E-state index in [2.05, 4.69) is 10.6 Å². The van der Waals surface area contributed by atoms with Gasteiger partial charge >= 0.3 is 0 Å². The van der Waals surface area contributed by atoms with E-state index in [4.69, 9.17) is 21.1 Å². The van der Waals surface area contributed by atoms with Gasteiger partial charge in [-0.1, -0.05) is 48.0 Å². The smallest absolute Gasteiger partial charge is 0.258 e. The van der Waals surface area contributed by atoms with E-state index in [1.165, 1.54) is 7.11 Å². The Kier molecular flexibility index (Phi) is 6.48. The number of methoxy groups -OCH3 is 1. The molecule has 1 aliphatic rings. The van der Waals surface area contributed by atoms with Gasteiger partial charge < -0.3 is 20.1 Å². The van der Waals surface area contributed by atoms with Crippen molar-refractivity contribution in [2.75, 3.05) is 19.0 Å². The summed E-state index contributed by atoms with van der Waals surface area (Å²) in [4.78, 5) is 26.0. The van der Waals surface area contributed by atoms with Crippen molar-refractivity contribution >= 4 is 34.7 Å². The van der Waals surface area contributed by atoms with Gasteiger partial charge in [0.15, 0.2) is 6.23 Å². The van der Waals surface area contributed by atoms with Gasteiger partial charge in [0.2, 0.25) is 5.91 Å². The van der Waals surface area contributed by atoms with Gasteiger partial charge in [-0.15, -0.1) is 0 Å². The van der Waals surface area contributed by atoms with Crippen molar-refractivity contribution in [2.24, 2.45) is 5.41 Å². The van der Waals surface area contributed by atoms with E-state index in [0.29, 0.717) is 27.6 Å². The van der Waals surface area contributed by atoms with E-state index in [9.17, 15) is 9.59 Å². The van der Waals surface area contributed by atoms with Crippen molar-refractivity contribution in [1.29, 1.82) is 0 Å². The number of anilines is 1. The molecule has 1 atom stereocenters. The Morgan fingerprint density at radius 2 is 1.93 bits per heavy atom. The van der Waals surface area contributed by atoms with Crippen molar-refractivity contribution in [2.45, 2.75) is 27.0 Å². The summed E-state index contributed by atoms with van der Waals surface area (Å²) >= 11 is 6.21. The van der Waals surface area contributed by atoms with Crippen molar-refractivity contribution in [3.05, 3.63) is 70.4 Å². The van der Waals surface area contributed by atoms with Crippen LogP contribution >= 0.6 is 11.6 Å². The van der Waals surface area contributed by atoms with Crippen LogP contribution in [0.5, 0.6) is 0 Å². The van der Waals surface area contributed by atoms with Crippen LogP contribution in [0, 0.1) is 12.3 Å². The number of benzene rings is 2. The monoisotopic (exact) mass is 428 g/mol. The maximum absolute atomic E-state index is 13.1. The average molecular weight is 429 g/mol. The second-order valence-corrected chi connectivity index (χ2v) is 8.13. The van der Waals surface area contributed by atoms with E-state index < -0.39 is 11.6 Å². The number of hydrogen-bond acceptors (Lipinski definition) is 4. The summed E-state index contributed by atoms with van der Waals surface area (Å²) in [5, 5.41) is 6.10. The van der Waals surface area contributed by atoms with Gasteiger partial charge in [-0.05, 0) is 44.0 Å². The van der Waals surface area contributed by atoms with Crippen LogP contribution < -0.4 is 10.6 Å². The Bertz CT molecular complexity index is 986. The first-order valence-corrected chi connectivity index (χ1v) is 9.94. The third-order valence-electron chi connectivity index (χ3n) is 4.98. The molecule has 1 unspecified atom stereocenters. The van der Waals surface area contributed by atoms with E-state index in [1.807, 2.05) is 43.3 Å². The van der Waals surface area contributed by atoms with E-state index >= 15 is 0 Å². The molecule has 0 aromatic heterocycles. The fraction of sp³-hybridized carbons (Fsp3) is 0.304. The van der Waals surface area contributed by atoms with Crippen LogP contribution in [-0.4, -0.2) is 31.8 Å². The van der Waals surface area contributed by atoms with Gasteiger partial charge in [-0.25, -0.2) is 0 Å². The van der Waals surface area contributed by atoms with Crippen LogP contribution in [-0.2, 0) is 19.1 Å². The largest absolute Gasteiger partial charge is 0.471 e. The molecule has 2 aromatic carbocycles. The van der Waals surface area contributed by atoms with Crippen LogP contribution in [0.15, 0.2) is 54.3 Å². The highest BCUT2D eigenvalue weighted by atomic mass is 35.5. The second kappa shape index (κ2) is 8.90. The Morgan fingerprint density at radius 1 is 1.23 bits per heavy atom. The lowest BCUT2D eigenvalue weighted by molar-refractivity contribution is -0.138. The number of amides is 2. The first-order chi connectivity index (χ1) is 14.2. The molecule has 0 spiro atoms. The number of carbonyl (C=O) groups excluding carboxylic acids is 2. The summed E-state index contributed by atoms with van der Waals surface area (Å²) in [6.45, 7) is 5.42. The Morgan fingerprint density at radius 3 is 2.60 bits per heavy atom. The molecule has 0 fully saturated rings. The fourth-order valence-electron chi connectivity index (χ4n) is 3.15. The summed E-state index contributed by atoms with van der Waals surface area (Å²) < 4.78 is 11.3. The van der Waals surface area contributed by atoms with E-state index in [0.717, 1.165) is 5.56 Å². The molecule has 0 saturated carbocycles. The third-order valence-corrected chi connectivity index (χ3v) is 5.31. The van der Waals surface area contributed by atoms with Gasteiger partial charge in [-0.3, -0.25) is 9.59 Å². The quantitative estimate of drug-likeness (QED) is 0.724. The van der Waals surface area contributed by atoms with Crippen molar-refractivity contribution in [3.8, 4) is 0 Å². The van der Waals surface area contributed by atoms with Gasteiger partial charge in [0.05, 0.1) is 21.7 Å². The number of halogens is 1. The summed E-state index contributed by atoms with van der Waals surface area (Å²) in [7, 11) is 1.53. The summed E-state index contributed by atoms with van der Waals surface area (Å²) in [5.74, 6) is -0.272. The van der Waals surface area contributed by atoms with Crippen molar-refractivity contribution < 1.29 is 19.1 Å². The van der Waals surface area contributed by atoms with Crippen LogP contribution in [0.2, 0.25) is 5.02 Å². The van der Waals surface area contributed by atoms with Crippen LogP contribution in [0.3, 0.4) is 0 Å². The third kappa shape index (κ3) is 4.50. The lowest BCUT2D eigenvalue weighted by Gasteiger charge is -2.37. The first kappa shape index (κ1) is 21.9. The highest BCUT2D eigenvalue weighted by Crippen LogP contribution is 2.33. The lowest BCUT2D eigenvalue weighted by Crippen LogP contribution is -2.54. The second-order valence-electron chi connectivity index (χ2n) is 7.73. The number of ether oxygens (including phenoxy) is 2. The summed E-state index contributed by atoms with van der Waals surface area (Å²) in [6.07, 6.45) is -0.883. The van der Waals surface area contributed by atoms with Crippen molar-refractivity contribution in [1.82, 2.24) is 5.32 Å². The minimum absolute atomic E-state index is 0.107. The SMILES string of the molecule is COCC1=C(c2ccccc2)C(=O)NC(C(C)(C)C(=O)Nc2cc(C)ccc2Cl)O1. The highest BCUT2D eigenvalue weighted by molar-refractivity contribution is 6.33. The number of carbonyl (C=O) groups is 2. The minimum Gasteiger partial charge on any atom is -0.471 e. The standard InChI is InChI=1S/C23H25ClN2O4/c1-14-10-11-16(24)17(12-14)25-21(28)23(2,3)22-26-20(27)19(18(30-22)13-29-4)15-8-6-5-7-9-15/h5-12,22H,13H2,1-4H3,(H,25,28)(H,26,27). The molecule has 6 nitrogen and oxygen atoms in total. The molecule has 3 rings (SSSR count). The fourth-order valence-corrected chi connectivity index (χ4v) is 3.31. The average Bonchev–Trinajstić information content (AvgIpc) is 2.71. The molecule has 30 heavy (non-hydrogen) atoms. The molecule has 7 heteroatoms. The molecule has 0 radical (unpaired) electrons. The molecule has 0 bridgehead atoms. The number of hydrogen-bond donors (Lipinski definition) is 2. The lowest BCUT2D eigenvalue weighted by atomic mass is 9.88. The van der Waals surface area contributed by atoms with Crippen LogP contribution in [0.4, 0.5) is 5.69 Å². The summed E-state index contributed by atoms with van der Waals surface area (Å²) in [5.41, 5.74) is 1.49. The highest BCUT2D eigenvalue weighted by Gasteiger charge is 2.43. The topological polar surface area (TPSA) is 76.7 Å². The predicted octanol–water partition coefficient (Wildman–Crippen LogP) is 4.14. The molecule has 0 aliphatic carbocycles. The number of aryl methyl sites for hydroxylation is 1. The number of rotatable bonds is 6. The van der Waals surface area contributed by atoms with E-state index in [-0.39, 0.29) is 18.4 Å². The molecule has 2 amide bonds. The number of nitrogens with one attached hydrogen (secondary N) is 2. The van der Waals surface area contributed by atoms with Crippen LogP contribution in [0.25, 0.3) is 5.57 Å². The maximum atomic E-state index is 13.1. The van der Waals surface area contributed by atoms with E-state index in [1.54, 1.807) is 26.0 Å². The maximum Gasteiger partial charge on any atom is 0.258 e. The predicted molar refractivity (Wildman–Crippen MR) is 117 cm³/mol. The molecular weight excluding hydrogens is 404 g/mol. The molecule has 158 valence electrons. The molecule has 1 aliphatic heterocycles.